The summed E-state index contributed by atoms with van der Waals surface area (Å²) >= 11 is 0. The average Bonchev–Trinajstić information content (AvgIpc) is 2.92. The Morgan fingerprint density at radius 3 is 3.00 bits per heavy atom. The molecule has 2 N–H and O–H groups in total. The summed E-state index contributed by atoms with van der Waals surface area (Å²) in [6, 6.07) is 0. The van der Waals surface area contributed by atoms with E-state index in [1.807, 2.05) is 0 Å². The van der Waals surface area contributed by atoms with Crippen LogP contribution in [0.5, 0.6) is 0 Å². The van der Waals surface area contributed by atoms with Crippen molar-refractivity contribution >= 4 is 10.0 Å². The van der Waals surface area contributed by atoms with E-state index < -0.39 is 15.6 Å². The number of nitrogens with zero attached hydrogens (tertiary/aromatic N) is 2. The van der Waals surface area contributed by atoms with Crippen LogP contribution < -0.4 is 0 Å². The second kappa shape index (κ2) is 4.57. The Balaban J connectivity index is 1.82. The lowest BCUT2D eigenvalue weighted by molar-refractivity contribution is -0.0816. The van der Waals surface area contributed by atoms with Crippen molar-refractivity contribution in [3.63, 3.8) is 0 Å². The molecule has 0 radical (unpaired) electrons. The summed E-state index contributed by atoms with van der Waals surface area (Å²) in [6.07, 6.45) is 7.10. The molecule has 1 saturated carbocycles. The molecule has 0 amide bonds. The van der Waals surface area contributed by atoms with Crippen molar-refractivity contribution in [2.45, 2.75) is 42.6 Å². The molecule has 0 aromatic carbocycles. The van der Waals surface area contributed by atoms with Crippen LogP contribution in [0, 0.1) is 5.92 Å². The van der Waals surface area contributed by atoms with Crippen LogP contribution in [0.25, 0.3) is 0 Å². The number of hydrogen-bond acceptors (Lipinski definition) is 4. The maximum atomic E-state index is 12.4. The third-order valence-corrected chi connectivity index (χ3v) is 6.33. The van der Waals surface area contributed by atoms with Crippen LogP contribution in [-0.4, -0.2) is 46.7 Å². The molecular formula is C12H19N3O3S. The average molecular weight is 285 g/mol. The maximum Gasteiger partial charge on any atom is 0.246 e. The first-order valence-corrected chi connectivity index (χ1v) is 8.18. The third-order valence-electron chi connectivity index (χ3n) is 4.50. The maximum absolute atomic E-state index is 12.4. The summed E-state index contributed by atoms with van der Waals surface area (Å²) in [5.41, 5.74) is -0.652. The Hall–Kier alpha value is -0.920. The van der Waals surface area contributed by atoms with Gasteiger partial charge in [0.15, 0.2) is 0 Å². The van der Waals surface area contributed by atoms with Gasteiger partial charge in [-0.05, 0) is 19.3 Å². The van der Waals surface area contributed by atoms with Crippen molar-refractivity contribution in [2.24, 2.45) is 5.92 Å². The monoisotopic (exact) mass is 285 g/mol. The molecular weight excluding hydrogens is 266 g/mol. The van der Waals surface area contributed by atoms with Gasteiger partial charge in [0.1, 0.15) is 4.90 Å². The molecule has 3 rings (SSSR count). The van der Waals surface area contributed by atoms with Crippen molar-refractivity contribution in [1.29, 1.82) is 0 Å². The van der Waals surface area contributed by atoms with Gasteiger partial charge in [-0.15, -0.1) is 0 Å². The highest BCUT2D eigenvalue weighted by Gasteiger charge is 2.45. The fraction of sp³-hybridized carbons (Fsp3) is 0.750. The van der Waals surface area contributed by atoms with E-state index in [2.05, 4.69) is 10.2 Å². The van der Waals surface area contributed by atoms with Gasteiger partial charge in [0.25, 0.3) is 0 Å². The second-order valence-electron chi connectivity index (χ2n) is 5.59. The van der Waals surface area contributed by atoms with Gasteiger partial charge in [-0.3, -0.25) is 5.10 Å². The van der Waals surface area contributed by atoms with E-state index in [1.165, 1.54) is 16.7 Å². The number of hydrogen-bond donors (Lipinski definition) is 2. The van der Waals surface area contributed by atoms with Gasteiger partial charge in [0.2, 0.25) is 10.0 Å². The molecule has 2 heterocycles. The number of aromatic nitrogens is 2. The number of aromatic amines is 1. The molecule has 2 unspecified atom stereocenters. The van der Waals surface area contributed by atoms with Crippen molar-refractivity contribution in [2.75, 3.05) is 13.1 Å². The summed E-state index contributed by atoms with van der Waals surface area (Å²) in [5, 5.41) is 16.8. The highest BCUT2D eigenvalue weighted by atomic mass is 32.2. The van der Waals surface area contributed by atoms with Gasteiger partial charge < -0.3 is 5.11 Å². The quantitative estimate of drug-likeness (QED) is 0.838. The van der Waals surface area contributed by atoms with E-state index in [9.17, 15) is 13.5 Å². The van der Waals surface area contributed by atoms with Gasteiger partial charge in [0.05, 0.1) is 11.8 Å². The van der Waals surface area contributed by atoms with Crippen LogP contribution in [0.1, 0.15) is 32.1 Å². The molecule has 2 fully saturated rings. The zero-order valence-electron chi connectivity index (χ0n) is 10.7. The summed E-state index contributed by atoms with van der Waals surface area (Å²) < 4.78 is 26.3. The fourth-order valence-electron chi connectivity index (χ4n) is 3.29. The van der Waals surface area contributed by atoms with Gasteiger partial charge >= 0.3 is 0 Å². The molecule has 1 aromatic heterocycles. The van der Waals surface area contributed by atoms with Crippen LogP contribution in [-0.2, 0) is 10.0 Å². The highest BCUT2D eigenvalue weighted by Crippen LogP contribution is 2.40. The lowest BCUT2D eigenvalue weighted by Gasteiger charge is -2.46. The number of rotatable bonds is 2. The Morgan fingerprint density at radius 1 is 1.42 bits per heavy atom. The molecule has 0 bridgehead atoms. The van der Waals surface area contributed by atoms with Crippen molar-refractivity contribution in [3.8, 4) is 0 Å². The summed E-state index contributed by atoms with van der Waals surface area (Å²) in [7, 11) is -3.47. The number of aliphatic hydroxyl groups is 1. The Labute approximate surface area is 112 Å². The highest BCUT2D eigenvalue weighted by molar-refractivity contribution is 7.89. The van der Waals surface area contributed by atoms with E-state index in [1.54, 1.807) is 0 Å². The molecule has 0 spiro atoms. The lowest BCUT2D eigenvalue weighted by Crippen LogP contribution is -2.54. The molecule has 1 aromatic rings. The van der Waals surface area contributed by atoms with Crippen molar-refractivity contribution < 1.29 is 13.5 Å². The SMILES string of the molecule is O=S(=O)(c1cn[nH]c1)N1CCC2(O)CCCCC2C1. The number of piperidine rings is 1. The fourth-order valence-corrected chi connectivity index (χ4v) is 4.68. The number of H-pyrrole nitrogens is 1. The lowest BCUT2D eigenvalue weighted by atomic mass is 9.72. The van der Waals surface area contributed by atoms with Gasteiger partial charge in [-0.25, -0.2) is 8.42 Å². The van der Waals surface area contributed by atoms with E-state index in [4.69, 9.17) is 0 Å². The molecule has 2 aliphatic rings. The van der Waals surface area contributed by atoms with Gasteiger partial charge in [-0.1, -0.05) is 12.8 Å². The van der Waals surface area contributed by atoms with Crippen molar-refractivity contribution in [1.82, 2.24) is 14.5 Å². The summed E-state index contributed by atoms with van der Waals surface area (Å²) in [4.78, 5) is 0.203. The molecule has 19 heavy (non-hydrogen) atoms. The Kier molecular flexibility index (Phi) is 3.15. The standard InChI is InChI=1S/C12H19N3O3S/c16-12-4-2-1-3-10(12)9-15(6-5-12)19(17,18)11-7-13-14-8-11/h7-8,10,16H,1-6,9H2,(H,13,14). The number of nitrogens with one attached hydrogen (secondary N) is 1. The molecule has 6 nitrogen and oxygen atoms in total. The topological polar surface area (TPSA) is 86.3 Å². The zero-order valence-corrected chi connectivity index (χ0v) is 11.6. The zero-order chi connectivity index (χ0) is 13.5. The van der Waals surface area contributed by atoms with E-state index in [0.717, 1.165) is 25.7 Å². The molecule has 1 aliphatic heterocycles. The summed E-state index contributed by atoms with van der Waals surface area (Å²) in [6.45, 7) is 0.810. The first kappa shape index (κ1) is 13.1. The summed E-state index contributed by atoms with van der Waals surface area (Å²) in [5.74, 6) is 0.0664. The molecule has 1 saturated heterocycles. The van der Waals surface area contributed by atoms with Crippen LogP contribution >= 0.6 is 0 Å². The number of sulfonamides is 1. The molecule has 7 heteroatoms. The van der Waals surface area contributed by atoms with Crippen LogP contribution in [0.15, 0.2) is 17.3 Å². The largest absolute Gasteiger partial charge is 0.390 e. The van der Waals surface area contributed by atoms with Crippen LogP contribution in [0.3, 0.4) is 0 Å². The first-order chi connectivity index (χ1) is 9.02. The van der Waals surface area contributed by atoms with Gasteiger partial charge in [-0.2, -0.15) is 9.40 Å². The normalized spacial score (nSPS) is 33.0. The Bertz CT molecular complexity index is 543. The van der Waals surface area contributed by atoms with Gasteiger partial charge in [0, 0.05) is 25.2 Å². The van der Waals surface area contributed by atoms with E-state index in [-0.39, 0.29) is 10.8 Å². The number of fused-ring (bicyclic) bond motifs is 1. The smallest absolute Gasteiger partial charge is 0.246 e. The predicted molar refractivity (Wildman–Crippen MR) is 68.9 cm³/mol. The Morgan fingerprint density at radius 2 is 2.26 bits per heavy atom. The van der Waals surface area contributed by atoms with Crippen LogP contribution in [0.4, 0.5) is 0 Å². The predicted octanol–water partition coefficient (Wildman–Crippen LogP) is 0.725. The van der Waals surface area contributed by atoms with Crippen molar-refractivity contribution in [3.05, 3.63) is 12.4 Å². The molecule has 1 aliphatic carbocycles. The molecule has 106 valence electrons. The minimum Gasteiger partial charge on any atom is -0.390 e. The second-order valence-corrected chi connectivity index (χ2v) is 7.53. The minimum absolute atomic E-state index is 0.0664. The van der Waals surface area contributed by atoms with E-state index in [0.29, 0.717) is 19.5 Å². The van der Waals surface area contributed by atoms with Crippen LogP contribution in [0.2, 0.25) is 0 Å². The third kappa shape index (κ3) is 2.19. The minimum atomic E-state index is -3.47. The first-order valence-electron chi connectivity index (χ1n) is 6.74. The van der Waals surface area contributed by atoms with E-state index >= 15 is 0 Å². The molecule has 2 atom stereocenters.